The summed E-state index contributed by atoms with van der Waals surface area (Å²) in [4.78, 5) is 0. The van der Waals surface area contributed by atoms with Crippen LogP contribution in [0.1, 0.15) is 0 Å². The van der Waals surface area contributed by atoms with Crippen molar-refractivity contribution >= 4 is 9.24 Å². The quantitative estimate of drug-likeness (QED) is 0.189. The van der Waals surface area contributed by atoms with Gasteiger partial charge in [0.05, 0.1) is 0 Å². The van der Waals surface area contributed by atoms with Crippen LogP contribution in [0.5, 0.6) is 0 Å². The lowest BCUT2D eigenvalue weighted by Gasteiger charge is -2.44. The summed E-state index contributed by atoms with van der Waals surface area (Å²) in [6, 6.07) is 0. The van der Waals surface area contributed by atoms with E-state index < -0.39 is 75.9 Å². The van der Waals surface area contributed by atoms with Crippen molar-refractivity contribution in [3.05, 3.63) is 0 Å². The van der Waals surface area contributed by atoms with Crippen molar-refractivity contribution in [3.63, 3.8) is 0 Å². The summed E-state index contributed by atoms with van der Waals surface area (Å²) >= 11 is 0. The van der Waals surface area contributed by atoms with Crippen LogP contribution in [-0.2, 0) is 18.9 Å². The van der Waals surface area contributed by atoms with E-state index in [1.165, 1.54) is 4.74 Å². The highest BCUT2D eigenvalue weighted by Crippen LogP contribution is 2.60. The predicted octanol–water partition coefficient (Wildman–Crippen LogP) is 7.46. The summed E-state index contributed by atoms with van der Waals surface area (Å²) in [7, 11) is -0.827. The Morgan fingerprint density at radius 1 is 0.308 bits per heavy atom. The molecule has 0 aromatic carbocycles. The Labute approximate surface area is 197 Å². The zero-order chi connectivity index (χ0) is 32.3. The fourth-order valence-corrected chi connectivity index (χ4v) is 1.93. The first-order valence-electron chi connectivity index (χ1n) is 7.77. The number of rotatable bonds is 9. The van der Waals surface area contributed by atoms with Gasteiger partial charge in [-0.3, -0.25) is 14.2 Å². The third-order valence-electron chi connectivity index (χ3n) is 3.39. The number of hydrogen-bond donors (Lipinski definition) is 0. The summed E-state index contributed by atoms with van der Waals surface area (Å²) in [5, 5.41) is -6.84. The summed E-state index contributed by atoms with van der Waals surface area (Å²) in [6.07, 6.45) is -62.8. The van der Waals surface area contributed by atoms with Gasteiger partial charge in [0, 0.05) is 0 Å². The fourth-order valence-electron chi connectivity index (χ4n) is 1.74. The molecule has 0 aliphatic carbocycles. The normalized spacial score (nSPS) is 20.3. The predicted molar refractivity (Wildman–Crippen MR) is 69.6 cm³/mol. The molecule has 0 rings (SSSR count). The minimum absolute atomic E-state index is 0.827. The maximum absolute atomic E-state index is 14.1. The molecule has 0 saturated carbocycles. The second kappa shape index (κ2) is 9.89. The lowest BCUT2D eigenvalue weighted by atomic mass is 10.2. The minimum Gasteiger partial charge on any atom is -0.265 e. The molecule has 0 N–H and O–H groups in total. The molecule has 0 aliphatic rings. The molecule has 0 heterocycles. The standard InChI is InChI=1S/C11H2F23O4P/c12-1(4(14,15)16,36-9(27,28)3(39,6(20,21)22)37-10(29,30)31)7(23,24)35-2(13,5(17,18)19)8(25,26)38-11(32,33)34/h39H2. The summed E-state index contributed by atoms with van der Waals surface area (Å²) in [5.74, 6) is -16.9. The molecule has 4 nitrogen and oxygen atoms in total. The van der Waals surface area contributed by atoms with Gasteiger partial charge in [-0.1, -0.05) is 9.24 Å². The molecule has 0 bridgehead atoms. The van der Waals surface area contributed by atoms with E-state index in [-0.39, 0.29) is 0 Å². The monoisotopic (exact) mass is 666 g/mol. The molecular weight excluding hydrogens is 664 g/mol. The highest BCUT2D eigenvalue weighted by Gasteiger charge is 2.87. The zero-order valence-corrected chi connectivity index (χ0v) is 17.6. The average molecular weight is 666 g/mol. The van der Waals surface area contributed by atoms with Gasteiger partial charge < -0.3 is 0 Å². The van der Waals surface area contributed by atoms with E-state index in [1.807, 2.05) is 0 Å². The van der Waals surface area contributed by atoms with Gasteiger partial charge in [0.2, 0.25) is 0 Å². The number of ether oxygens (including phenoxy) is 4. The molecule has 0 aromatic rings. The van der Waals surface area contributed by atoms with Crippen molar-refractivity contribution in [2.24, 2.45) is 0 Å². The largest absolute Gasteiger partial charge is 0.527 e. The van der Waals surface area contributed by atoms with E-state index >= 15 is 0 Å². The van der Waals surface area contributed by atoms with Crippen LogP contribution < -0.4 is 0 Å². The SMILES string of the molecule is FC(F)(F)OC(F)(F)C(F)(OC(F)(F)C(F)(OC(F)(F)C(P)(OC(F)(F)F)C(F)(F)F)C(F)(F)F)C(F)(F)F. The van der Waals surface area contributed by atoms with Gasteiger partial charge in [0.1, 0.15) is 0 Å². The average Bonchev–Trinajstić information content (AvgIpc) is 2.53. The van der Waals surface area contributed by atoms with Gasteiger partial charge in [0.25, 0.3) is 5.34 Å². The van der Waals surface area contributed by atoms with Crippen LogP contribution in [0.4, 0.5) is 101 Å². The smallest absolute Gasteiger partial charge is 0.265 e. The highest BCUT2D eigenvalue weighted by atomic mass is 31.0. The second-order valence-electron chi connectivity index (χ2n) is 6.27. The summed E-state index contributed by atoms with van der Waals surface area (Å²) < 4.78 is 301. The molecule has 4 unspecified atom stereocenters. The van der Waals surface area contributed by atoms with Crippen molar-refractivity contribution in [2.45, 2.75) is 66.6 Å². The van der Waals surface area contributed by atoms with Gasteiger partial charge >= 0.3 is 61.3 Å². The van der Waals surface area contributed by atoms with Gasteiger partial charge in [-0.15, -0.1) is 26.3 Å². The van der Waals surface area contributed by atoms with Crippen LogP contribution >= 0.6 is 9.24 Å². The van der Waals surface area contributed by atoms with E-state index in [1.54, 1.807) is 4.74 Å². The van der Waals surface area contributed by atoms with Crippen molar-refractivity contribution in [1.82, 2.24) is 0 Å². The fraction of sp³-hybridized carbons (Fsp3) is 1.00. The van der Waals surface area contributed by atoms with Crippen molar-refractivity contribution < 1.29 is 120 Å². The van der Waals surface area contributed by atoms with E-state index in [4.69, 9.17) is 0 Å². The highest BCUT2D eigenvalue weighted by molar-refractivity contribution is 7.19. The Balaban J connectivity index is 7.20. The van der Waals surface area contributed by atoms with Gasteiger partial charge in [-0.05, 0) is 0 Å². The first-order chi connectivity index (χ1) is 16.3. The summed E-state index contributed by atoms with van der Waals surface area (Å²) in [6.45, 7) is 0. The Bertz CT molecular complexity index is 855. The maximum Gasteiger partial charge on any atom is 0.527 e. The molecule has 0 aliphatic heterocycles. The Hall–Kier alpha value is -1.34. The molecule has 0 radical (unpaired) electrons. The Morgan fingerprint density at radius 2 is 0.564 bits per heavy atom. The maximum atomic E-state index is 14.1. The molecule has 4 atom stereocenters. The third-order valence-corrected chi connectivity index (χ3v) is 4.17. The molecule has 0 amide bonds. The van der Waals surface area contributed by atoms with E-state index in [2.05, 4.69) is 0 Å². The van der Waals surface area contributed by atoms with Gasteiger partial charge in [-0.25, -0.2) is 4.74 Å². The molecule has 0 aromatic heterocycles. The van der Waals surface area contributed by atoms with Gasteiger partial charge in [-0.2, -0.15) is 74.6 Å². The topological polar surface area (TPSA) is 36.9 Å². The lowest BCUT2D eigenvalue weighted by molar-refractivity contribution is -0.581. The van der Waals surface area contributed by atoms with Crippen LogP contribution in [0, 0.1) is 0 Å². The molecular formula is C11H2F23O4P. The Kier molecular flexibility index (Phi) is 9.55. The first kappa shape index (κ1) is 37.7. The van der Waals surface area contributed by atoms with E-state index in [0.29, 0.717) is 0 Å². The molecule has 39 heavy (non-hydrogen) atoms. The van der Waals surface area contributed by atoms with Gasteiger partial charge in [0.15, 0.2) is 0 Å². The zero-order valence-electron chi connectivity index (χ0n) is 16.4. The van der Waals surface area contributed by atoms with Crippen LogP contribution in [0.3, 0.4) is 0 Å². The van der Waals surface area contributed by atoms with Crippen molar-refractivity contribution in [1.29, 1.82) is 0 Å². The van der Waals surface area contributed by atoms with Crippen LogP contribution in [0.2, 0.25) is 0 Å². The summed E-state index contributed by atoms with van der Waals surface area (Å²) in [5.41, 5.74) is 0. The third kappa shape index (κ3) is 7.49. The molecule has 0 spiro atoms. The van der Waals surface area contributed by atoms with E-state index in [0.717, 1.165) is 9.47 Å². The second-order valence-corrected chi connectivity index (χ2v) is 7.08. The van der Waals surface area contributed by atoms with Crippen molar-refractivity contribution in [2.75, 3.05) is 0 Å². The number of hydrogen-bond acceptors (Lipinski definition) is 4. The molecule has 236 valence electrons. The van der Waals surface area contributed by atoms with Crippen LogP contribution in [0.15, 0.2) is 0 Å². The molecule has 28 heteroatoms. The first-order valence-corrected chi connectivity index (χ1v) is 8.35. The lowest BCUT2D eigenvalue weighted by Crippen LogP contribution is -2.70. The van der Waals surface area contributed by atoms with Crippen LogP contribution in [0.25, 0.3) is 0 Å². The molecule has 0 saturated heterocycles. The molecule has 0 fully saturated rings. The Morgan fingerprint density at radius 3 is 0.795 bits per heavy atom. The van der Waals surface area contributed by atoms with Crippen LogP contribution in [-0.4, -0.2) is 66.6 Å². The number of alkyl halides is 23. The van der Waals surface area contributed by atoms with Crippen molar-refractivity contribution in [3.8, 4) is 0 Å². The minimum atomic E-state index is -8.59. The van der Waals surface area contributed by atoms with E-state index in [9.17, 15) is 101 Å². The number of halogens is 23.